The fourth-order valence-corrected chi connectivity index (χ4v) is 9.96. The minimum Gasteiger partial charge on any atom is -0.0651 e. The molecule has 0 aromatic carbocycles. The normalized spacial score (nSPS) is 46.7. The molecule has 0 amide bonds. The zero-order valence-corrected chi connectivity index (χ0v) is 20.8. The summed E-state index contributed by atoms with van der Waals surface area (Å²) in [6.45, 7) is 15.4. The van der Waals surface area contributed by atoms with Gasteiger partial charge < -0.3 is 0 Å². The number of hydrogen-bond acceptors (Lipinski definition) is 0. The smallest absolute Gasteiger partial charge is 0.0264 e. The third-order valence-corrected chi connectivity index (χ3v) is 11.8. The van der Waals surface area contributed by atoms with Gasteiger partial charge in [0, 0.05) is 0 Å². The van der Waals surface area contributed by atoms with Crippen LogP contribution in [0, 0.1) is 58.2 Å². The van der Waals surface area contributed by atoms with E-state index in [4.69, 9.17) is 0 Å². The summed E-state index contributed by atoms with van der Waals surface area (Å²) in [5, 5.41) is 0. The van der Waals surface area contributed by atoms with E-state index in [0.29, 0.717) is 10.8 Å². The summed E-state index contributed by atoms with van der Waals surface area (Å²) in [5.74, 6) is 8.02. The largest absolute Gasteiger partial charge is 0.0651 e. The van der Waals surface area contributed by atoms with E-state index in [1.165, 1.54) is 32.1 Å². The molecule has 4 rings (SSSR count). The summed E-state index contributed by atoms with van der Waals surface area (Å²) in [4.78, 5) is 0. The fraction of sp³-hybridized carbons (Fsp3) is 1.00. The van der Waals surface area contributed by atoms with E-state index >= 15 is 0 Å². The molecule has 0 aliphatic heterocycles. The molecule has 0 aromatic rings. The van der Waals surface area contributed by atoms with Crippen LogP contribution in [0.5, 0.6) is 0 Å². The average molecular weight is 401 g/mol. The van der Waals surface area contributed by atoms with Crippen LogP contribution < -0.4 is 0 Å². The number of fused-ring (bicyclic) bond motifs is 5. The molecule has 0 nitrogen and oxygen atoms in total. The topological polar surface area (TPSA) is 0 Å². The summed E-state index contributed by atoms with van der Waals surface area (Å²) >= 11 is 0. The van der Waals surface area contributed by atoms with Gasteiger partial charge in [-0.2, -0.15) is 0 Å². The van der Waals surface area contributed by atoms with Gasteiger partial charge in [0.1, 0.15) is 0 Å². The molecule has 29 heavy (non-hydrogen) atoms. The zero-order valence-electron chi connectivity index (χ0n) is 20.8. The maximum atomic E-state index is 2.76. The number of hydrogen-bond donors (Lipinski definition) is 0. The predicted molar refractivity (Wildman–Crippen MR) is 127 cm³/mol. The third kappa shape index (κ3) is 3.75. The van der Waals surface area contributed by atoms with Crippen molar-refractivity contribution in [2.75, 3.05) is 0 Å². The first kappa shape index (κ1) is 22.2. The standard InChI is InChI=1S/C29H52/c1-7-22(20(2)3)12-11-21(4)25-15-16-26-24-14-13-23-10-8-9-18-28(23,5)27(24)17-19-29(25,26)6/h20-27H,7-19H2,1-6H3/t21-,22-,23?,24+,25+,26+,27+,28+,29-/m1/s1. The van der Waals surface area contributed by atoms with Gasteiger partial charge in [0.15, 0.2) is 0 Å². The molecule has 4 saturated carbocycles. The molecular formula is C29H52. The summed E-state index contributed by atoms with van der Waals surface area (Å²) in [6.07, 6.45) is 19.8. The van der Waals surface area contributed by atoms with Crippen molar-refractivity contribution in [2.45, 2.75) is 125 Å². The van der Waals surface area contributed by atoms with Crippen molar-refractivity contribution in [2.24, 2.45) is 58.2 Å². The van der Waals surface area contributed by atoms with E-state index in [1.54, 1.807) is 51.4 Å². The van der Waals surface area contributed by atoms with Crippen molar-refractivity contribution in [3.8, 4) is 0 Å². The van der Waals surface area contributed by atoms with Gasteiger partial charge in [-0.1, -0.05) is 67.2 Å². The average Bonchev–Trinajstić information content (AvgIpc) is 3.05. The first-order chi connectivity index (χ1) is 13.8. The Morgan fingerprint density at radius 2 is 1.52 bits per heavy atom. The van der Waals surface area contributed by atoms with E-state index in [9.17, 15) is 0 Å². The van der Waals surface area contributed by atoms with Gasteiger partial charge >= 0.3 is 0 Å². The minimum absolute atomic E-state index is 0.665. The monoisotopic (exact) mass is 400 g/mol. The van der Waals surface area contributed by atoms with Crippen molar-refractivity contribution >= 4 is 0 Å². The molecule has 168 valence electrons. The maximum Gasteiger partial charge on any atom is -0.0264 e. The molecule has 0 heterocycles. The highest BCUT2D eigenvalue weighted by Gasteiger charge is 2.60. The summed E-state index contributed by atoms with van der Waals surface area (Å²) < 4.78 is 0. The molecule has 0 radical (unpaired) electrons. The van der Waals surface area contributed by atoms with Crippen LogP contribution in [0.4, 0.5) is 0 Å². The van der Waals surface area contributed by atoms with E-state index < -0.39 is 0 Å². The van der Waals surface area contributed by atoms with Crippen LogP contribution in [0.15, 0.2) is 0 Å². The molecule has 0 heteroatoms. The number of rotatable bonds is 6. The first-order valence-corrected chi connectivity index (χ1v) is 13.8. The Morgan fingerprint density at radius 1 is 0.759 bits per heavy atom. The zero-order chi connectivity index (χ0) is 20.8. The van der Waals surface area contributed by atoms with E-state index in [2.05, 4.69) is 41.5 Å². The summed E-state index contributed by atoms with van der Waals surface area (Å²) in [7, 11) is 0. The lowest BCUT2D eigenvalue weighted by atomic mass is 9.44. The first-order valence-electron chi connectivity index (χ1n) is 13.8. The third-order valence-electron chi connectivity index (χ3n) is 11.8. The van der Waals surface area contributed by atoms with Crippen LogP contribution in [-0.4, -0.2) is 0 Å². The molecule has 0 N–H and O–H groups in total. The Morgan fingerprint density at radius 3 is 2.24 bits per heavy atom. The molecular weight excluding hydrogens is 348 g/mol. The van der Waals surface area contributed by atoms with Crippen LogP contribution in [-0.2, 0) is 0 Å². The van der Waals surface area contributed by atoms with E-state index in [0.717, 1.165) is 47.3 Å². The Kier molecular flexibility index (Phi) is 6.51. The molecule has 0 bridgehead atoms. The lowest BCUT2D eigenvalue weighted by Gasteiger charge is -2.61. The molecule has 4 fully saturated rings. The van der Waals surface area contributed by atoms with Crippen LogP contribution >= 0.6 is 0 Å². The van der Waals surface area contributed by atoms with Crippen LogP contribution in [0.1, 0.15) is 125 Å². The highest BCUT2D eigenvalue weighted by Crippen LogP contribution is 2.68. The molecule has 9 atom stereocenters. The van der Waals surface area contributed by atoms with Crippen LogP contribution in [0.3, 0.4) is 0 Å². The highest BCUT2D eigenvalue weighted by molar-refractivity contribution is 5.09. The summed E-state index contributed by atoms with van der Waals surface area (Å²) in [5.41, 5.74) is 1.37. The second kappa shape index (κ2) is 8.50. The Labute approximate surface area is 183 Å². The van der Waals surface area contributed by atoms with Crippen molar-refractivity contribution in [1.82, 2.24) is 0 Å². The highest BCUT2D eigenvalue weighted by atomic mass is 14.6. The SMILES string of the molecule is CC[C@H](CC[C@@H](C)[C@@H]1CC[C@H]2[C@@H]3CCC4CCCC[C@]4(C)[C@H]3CC[C@@]21C)C(C)C. The molecule has 1 unspecified atom stereocenters. The van der Waals surface area contributed by atoms with Crippen molar-refractivity contribution in [3.63, 3.8) is 0 Å². The lowest BCUT2D eigenvalue weighted by Crippen LogP contribution is -2.53. The molecule has 0 saturated heterocycles. The molecule has 4 aliphatic rings. The second-order valence-corrected chi connectivity index (χ2v) is 13.1. The second-order valence-electron chi connectivity index (χ2n) is 13.1. The van der Waals surface area contributed by atoms with E-state index in [-0.39, 0.29) is 0 Å². The van der Waals surface area contributed by atoms with Gasteiger partial charge in [0.05, 0.1) is 0 Å². The fourth-order valence-electron chi connectivity index (χ4n) is 9.96. The van der Waals surface area contributed by atoms with E-state index in [1.807, 2.05) is 0 Å². The molecule has 0 spiro atoms. The Hall–Kier alpha value is 0. The molecule has 0 aromatic heterocycles. The Balaban J connectivity index is 1.45. The maximum absolute atomic E-state index is 2.76. The Bertz CT molecular complexity index is 548. The van der Waals surface area contributed by atoms with Gasteiger partial charge in [-0.15, -0.1) is 0 Å². The van der Waals surface area contributed by atoms with Gasteiger partial charge in [-0.25, -0.2) is 0 Å². The van der Waals surface area contributed by atoms with Gasteiger partial charge in [0.2, 0.25) is 0 Å². The van der Waals surface area contributed by atoms with Crippen LogP contribution in [0.25, 0.3) is 0 Å². The van der Waals surface area contributed by atoms with Gasteiger partial charge in [-0.3, -0.25) is 0 Å². The van der Waals surface area contributed by atoms with Crippen molar-refractivity contribution in [1.29, 1.82) is 0 Å². The quantitative estimate of drug-likeness (QED) is 0.417. The minimum atomic E-state index is 0.665. The van der Waals surface area contributed by atoms with Crippen LogP contribution in [0.2, 0.25) is 0 Å². The van der Waals surface area contributed by atoms with Gasteiger partial charge in [-0.05, 0) is 116 Å². The van der Waals surface area contributed by atoms with Crippen molar-refractivity contribution in [3.05, 3.63) is 0 Å². The molecule has 4 aliphatic carbocycles. The van der Waals surface area contributed by atoms with Crippen molar-refractivity contribution < 1.29 is 0 Å². The summed E-state index contributed by atoms with van der Waals surface area (Å²) in [6, 6.07) is 0. The predicted octanol–water partition coefficient (Wildman–Crippen LogP) is 9.13. The van der Waals surface area contributed by atoms with Gasteiger partial charge in [0.25, 0.3) is 0 Å². The lowest BCUT2D eigenvalue weighted by molar-refractivity contribution is -0.114.